The number of ether oxygens (including phenoxy) is 1. The van der Waals surface area contributed by atoms with E-state index in [0.717, 1.165) is 22.5 Å². The molecule has 1 aliphatic rings. The van der Waals surface area contributed by atoms with Crippen LogP contribution in [0.2, 0.25) is 0 Å². The first-order valence-corrected chi connectivity index (χ1v) is 7.81. The van der Waals surface area contributed by atoms with Crippen LogP contribution in [0.5, 0.6) is 5.75 Å². The van der Waals surface area contributed by atoms with Gasteiger partial charge in [0.2, 0.25) is 10.0 Å². The quantitative estimate of drug-likeness (QED) is 0.757. The van der Waals surface area contributed by atoms with E-state index in [9.17, 15) is 21.6 Å². The molecule has 1 aromatic rings. The number of sulfonamides is 1. The van der Waals surface area contributed by atoms with Gasteiger partial charge in [0, 0.05) is 13.1 Å². The maximum absolute atomic E-state index is 12.4. The summed E-state index contributed by atoms with van der Waals surface area (Å²) in [7, 11) is -6.22. The third-order valence-electron chi connectivity index (χ3n) is 3.17. The Morgan fingerprint density at radius 2 is 1.77 bits per heavy atom. The lowest BCUT2D eigenvalue weighted by Gasteiger charge is -2.19. The van der Waals surface area contributed by atoms with Crippen molar-refractivity contribution in [1.82, 2.24) is 4.31 Å². The molecule has 0 atom stereocenters. The first kappa shape index (κ1) is 17.1. The van der Waals surface area contributed by atoms with Gasteiger partial charge < -0.3 is 14.8 Å². The number of hydrogen-bond acceptors (Lipinski definition) is 5. The molecule has 1 aliphatic heterocycles. The minimum Gasteiger partial charge on any atom is -0.423 e. The van der Waals surface area contributed by atoms with Gasteiger partial charge in [-0.15, -0.1) is 13.2 Å². The average Bonchev–Trinajstić information content (AvgIpc) is 2.91. The molecule has 0 unspecified atom stereocenters. The summed E-state index contributed by atoms with van der Waals surface area (Å²) in [6, 6.07) is 2.49. The van der Waals surface area contributed by atoms with Crippen LogP contribution in [0, 0.1) is 0 Å². The minimum absolute atomic E-state index is 0.194. The smallest absolute Gasteiger partial charge is 0.423 e. The summed E-state index contributed by atoms with van der Waals surface area (Å²) < 4.78 is 66.9. The zero-order valence-corrected chi connectivity index (χ0v) is 12.1. The van der Waals surface area contributed by atoms with Crippen LogP contribution in [0.25, 0.3) is 0 Å². The Labute approximate surface area is 125 Å². The van der Waals surface area contributed by atoms with E-state index in [-0.39, 0.29) is 18.6 Å². The second-order valence-corrected chi connectivity index (χ2v) is 6.65. The van der Waals surface area contributed by atoms with E-state index in [2.05, 4.69) is 4.74 Å². The highest BCUT2D eigenvalue weighted by atomic mass is 32.2. The molecule has 6 nitrogen and oxygen atoms in total. The Morgan fingerprint density at radius 3 is 2.27 bits per heavy atom. The molecule has 122 valence electrons. The van der Waals surface area contributed by atoms with E-state index in [1.807, 2.05) is 0 Å². The molecule has 2 N–H and O–H groups in total. The largest absolute Gasteiger partial charge is 0.573 e. The zero-order chi connectivity index (χ0) is 16.5. The summed E-state index contributed by atoms with van der Waals surface area (Å²) in [5.74, 6) is -0.899. The lowest BCUT2D eigenvalue weighted by atomic mass is 9.80. The molecular formula is C11H13BF3NO5S. The molecule has 0 aromatic heterocycles. The fourth-order valence-corrected chi connectivity index (χ4v) is 3.83. The van der Waals surface area contributed by atoms with Crippen LogP contribution >= 0.6 is 0 Å². The average molecular weight is 339 g/mol. The van der Waals surface area contributed by atoms with Crippen molar-refractivity contribution in [3.8, 4) is 5.75 Å². The molecule has 1 aromatic carbocycles. The molecule has 2 rings (SSSR count). The molecular weight excluding hydrogens is 326 g/mol. The fourth-order valence-electron chi connectivity index (χ4n) is 2.16. The van der Waals surface area contributed by atoms with E-state index in [1.165, 1.54) is 0 Å². The van der Waals surface area contributed by atoms with Crippen molar-refractivity contribution in [2.45, 2.75) is 24.1 Å². The Balaban J connectivity index is 2.51. The number of halogens is 3. The third-order valence-corrected chi connectivity index (χ3v) is 5.09. The Morgan fingerprint density at radius 1 is 1.18 bits per heavy atom. The van der Waals surface area contributed by atoms with Gasteiger partial charge in [-0.3, -0.25) is 0 Å². The molecule has 1 heterocycles. The van der Waals surface area contributed by atoms with Gasteiger partial charge >= 0.3 is 13.5 Å². The van der Waals surface area contributed by atoms with Crippen molar-refractivity contribution in [2.75, 3.05) is 13.1 Å². The lowest BCUT2D eigenvalue weighted by molar-refractivity contribution is -0.275. The lowest BCUT2D eigenvalue weighted by Crippen LogP contribution is -2.34. The Bertz CT molecular complexity index is 644. The number of benzene rings is 1. The molecule has 1 saturated heterocycles. The third kappa shape index (κ3) is 3.72. The maximum atomic E-state index is 12.4. The van der Waals surface area contributed by atoms with Gasteiger partial charge in [0.1, 0.15) is 10.6 Å². The standard InChI is InChI=1S/C11H13BF3NO5S/c13-11(14,15)21-9-4-3-8(12(17)18)7-10(9)22(19,20)16-5-1-2-6-16/h3-4,7,17-18H,1-2,5-6H2. The van der Waals surface area contributed by atoms with Gasteiger partial charge in [-0.2, -0.15) is 4.31 Å². The van der Waals surface area contributed by atoms with Crippen molar-refractivity contribution in [3.05, 3.63) is 18.2 Å². The van der Waals surface area contributed by atoms with Crippen molar-refractivity contribution in [3.63, 3.8) is 0 Å². The number of nitrogens with zero attached hydrogens (tertiary/aromatic N) is 1. The van der Waals surface area contributed by atoms with Gasteiger partial charge in [-0.1, -0.05) is 6.07 Å². The van der Waals surface area contributed by atoms with Crippen molar-refractivity contribution in [2.24, 2.45) is 0 Å². The molecule has 11 heteroatoms. The van der Waals surface area contributed by atoms with Crippen LogP contribution in [0.4, 0.5) is 13.2 Å². The summed E-state index contributed by atoms with van der Waals surface area (Å²) >= 11 is 0. The maximum Gasteiger partial charge on any atom is 0.573 e. The van der Waals surface area contributed by atoms with Gasteiger partial charge in [0.25, 0.3) is 0 Å². The van der Waals surface area contributed by atoms with E-state index in [0.29, 0.717) is 12.8 Å². The highest BCUT2D eigenvalue weighted by molar-refractivity contribution is 7.89. The summed E-state index contributed by atoms with van der Waals surface area (Å²) in [5.41, 5.74) is -0.243. The predicted molar refractivity (Wildman–Crippen MR) is 70.9 cm³/mol. The second-order valence-electron chi connectivity index (χ2n) is 4.74. The highest BCUT2D eigenvalue weighted by Crippen LogP contribution is 2.32. The van der Waals surface area contributed by atoms with Gasteiger partial charge in [0.05, 0.1) is 0 Å². The normalized spacial score (nSPS) is 16.8. The summed E-state index contributed by atoms with van der Waals surface area (Å²) in [6.45, 7) is 0.388. The molecule has 0 radical (unpaired) electrons. The molecule has 0 aliphatic carbocycles. The first-order chi connectivity index (χ1) is 10.1. The van der Waals surface area contributed by atoms with E-state index >= 15 is 0 Å². The van der Waals surface area contributed by atoms with Crippen LogP contribution < -0.4 is 10.2 Å². The van der Waals surface area contributed by atoms with Crippen LogP contribution in [0.1, 0.15) is 12.8 Å². The van der Waals surface area contributed by atoms with Crippen LogP contribution in [-0.4, -0.2) is 49.3 Å². The molecule has 0 bridgehead atoms. The van der Waals surface area contributed by atoms with Crippen molar-refractivity contribution < 1.29 is 36.4 Å². The highest BCUT2D eigenvalue weighted by Gasteiger charge is 2.37. The Kier molecular flexibility index (Phi) is 4.71. The monoisotopic (exact) mass is 339 g/mol. The van der Waals surface area contributed by atoms with Gasteiger partial charge in [0.15, 0.2) is 0 Å². The number of alkyl halides is 3. The minimum atomic E-state index is -5.06. The predicted octanol–water partition coefficient (Wildman–Crippen LogP) is 0.0495. The van der Waals surface area contributed by atoms with E-state index < -0.39 is 34.1 Å². The van der Waals surface area contributed by atoms with Crippen LogP contribution in [0.3, 0.4) is 0 Å². The van der Waals surface area contributed by atoms with Gasteiger partial charge in [-0.05, 0) is 30.4 Å². The van der Waals surface area contributed by atoms with Crippen LogP contribution in [0.15, 0.2) is 23.1 Å². The summed E-state index contributed by atoms with van der Waals surface area (Å²) in [6.07, 6.45) is -3.84. The number of hydrogen-bond donors (Lipinski definition) is 2. The van der Waals surface area contributed by atoms with Crippen molar-refractivity contribution in [1.29, 1.82) is 0 Å². The second kappa shape index (κ2) is 6.07. The van der Waals surface area contributed by atoms with Crippen LogP contribution in [-0.2, 0) is 10.0 Å². The van der Waals surface area contributed by atoms with Gasteiger partial charge in [-0.25, -0.2) is 8.42 Å². The molecule has 22 heavy (non-hydrogen) atoms. The SMILES string of the molecule is O=S(=O)(c1cc(B(O)O)ccc1OC(F)(F)F)N1CCCC1. The molecule has 0 spiro atoms. The molecule has 0 amide bonds. The zero-order valence-electron chi connectivity index (χ0n) is 11.2. The van der Waals surface area contributed by atoms with E-state index in [4.69, 9.17) is 10.0 Å². The molecule has 0 saturated carbocycles. The Hall–Kier alpha value is -1.30. The van der Waals surface area contributed by atoms with E-state index in [1.54, 1.807) is 0 Å². The summed E-state index contributed by atoms with van der Waals surface area (Å²) in [4.78, 5) is -0.739. The number of rotatable bonds is 4. The topological polar surface area (TPSA) is 87.1 Å². The summed E-state index contributed by atoms with van der Waals surface area (Å²) in [5, 5.41) is 18.2. The molecule has 1 fully saturated rings. The first-order valence-electron chi connectivity index (χ1n) is 6.37. The fraction of sp³-hybridized carbons (Fsp3) is 0.455. The van der Waals surface area contributed by atoms with Crippen molar-refractivity contribution >= 4 is 22.6 Å².